The molecule has 0 aromatic carbocycles. The molecule has 0 radical (unpaired) electrons. The van der Waals surface area contributed by atoms with Crippen LogP contribution in [0.1, 0.15) is 28.0 Å². The van der Waals surface area contributed by atoms with E-state index in [-0.39, 0.29) is 5.38 Å². The van der Waals surface area contributed by atoms with Crippen molar-refractivity contribution in [1.82, 2.24) is 0 Å². The van der Waals surface area contributed by atoms with E-state index in [1.54, 1.807) is 11.3 Å². The number of alkyl halides is 1. The maximum Gasteiger partial charge on any atom is 0.0719 e. The van der Waals surface area contributed by atoms with Gasteiger partial charge in [-0.25, -0.2) is 0 Å². The van der Waals surface area contributed by atoms with Crippen molar-refractivity contribution in [3.8, 4) is 0 Å². The fourth-order valence-electron chi connectivity index (χ4n) is 1.91. The molecule has 1 aliphatic rings. The zero-order valence-corrected chi connectivity index (χ0v) is 11.8. The number of rotatable bonds is 2. The maximum absolute atomic E-state index is 6.53. The van der Waals surface area contributed by atoms with E-state index >= 15 is 0 Å². The third kappa shape index (κ3) is 2.76. The third-order valence-corrected chi connectivity index (χ3v) is 5.52. The molecule has 0 amide bonds. The van der Waals surface area contributed by atoms with Crippen molar-refractivity contribution < 1.29 is 4.74 Å². The lowest BCUT2D eigenvalue weighted by molar-refractivity contribution is 0.0653. The molecule has 1 aliphatic heterocycles. The first-order valence-electron chi connectivity index (χ1n) is 5.16. The molecule has 0 N–H and O–H groups in total. The number of halogens is 2. The minimum Gasteiger partial charge on any atom is -0.381 e. The molecule has 0 aliphatic carbocycles. The summed E-state index contributed by atoms with van der Waals surface area (Å²) in [5.41, 5.74) is 0. The van der Waals surface area contributed by atoms with Gasteiger partial charge in [-0.3, -0.25) is 0 Å². The summed E-state index contributed by atoms with van der Waals surface area (Å²) >= 11 is 11.9. The average molecular weight is 310 g/mol. The fraction of sp³-hybridized carbons (Fsp3) is 0.636. The van der Waals surface area contributed by atoms with Crippen LogP contribution in [0.2, 0.25) is 0 Å². The highest BCUT2D eigenvalue weighted by Gasteiger charge is 2.26. The van der Waals surface area contributed by atoms with Gasteiger partial charge in [-0.05, 0) is 47.7 Å². The Labute approximate surface area is 108 Å². The monoisotopic (exact) mass is 308 g/mol. The van der Waals surface area contributed by atoms with Crippen molar-refractivity contribution >= 4 is 38.9 Å². The molecule has 1 aromatic heterocycles. The van der Waals surface area contributed by atoms with Crippen LogP contribution in [0.5, 0.6) is 0 Å². The average Bonchev–Trinajstić information content (AvgIpc) is 2.58. The largest absolute Gasteiger partial charge is 0.381 e. The molecule has 2 heterocycles. The highest BCUT2D eigenvalue weighted by atomic mass is 79.9. The summed E-state index contributed by atoms with van der Waals surface area (Å²) in [7, 11) is 0. The normalized spacial score (nSPS) is 20.5. The summed E-state index contributed by atoms with van der Waals surface area (Å²) in [6, 6.07) is 2.15. The Hall–Kier alpha value is 0.430. The minimum atomic E-state index is 0.141. The van der Waals surface area contributed by atoms with E-state index in [1.165, 1.54) is 9.75 Å². The van der Waals surface area contributed by atoms with Crippen molar-refractivity contribution in [2.45, 2.75) is 25.1 Å². The van der Waals surface area contributed by atoms with Crippen molar-refractivity contribution in [1.29, 1.82) is 0 Å². The molecule has 1 fully saturated rings. The molecule has 1 aromatic rings. The van der Waals surface area contributed by atoms with Crippen LogP contribution in [0, 0.1) is 12.8 Å². The summed E-state index contributed by atoms with van der Waals surface area (Å²) in [4.78, 5) is 2.59. The molecular weight excluding hydrogens is 296 g/mol. The third-order valence-electron chi connectivity index (χ3n) is 2.77. The Kier molecular flexibility index (Phi) is 4.10. The van der Waals surface area contributed by atoms with Gasteiger partial charge in [0.15, 0.2) is 0 Å². The second-order valence-electron chi connectivity index (χ2n) is 3.92. The van der Waals surface area contributed by atoms with Crippen LogP contribution in [0.25, 0.3) is 0 Å². The second kappa shape index (κ2) is 5.17. The zero-order chi connectivity index (χ0) is 10.8. The summed E-state index contributed by atoms with van der Waals surface area (Å²) in [5, 5.41) is 0.141. The van der Waals surface area contributed by atoms with Crippen molar-refractivity contribution in [2.24, 2.45) is 5.92 Å². The summed E-state index contributed by atoms with van der Waals surface area (Å²) < 4.78 is 6.52. The Bertz CT molecular complexity index is 333. The van der Waals surface area contributed by atoms with Crippen LogP contribution in [0.4, 0.5) is 0 Å². The van der Waals surface area contributed by atoms with Gasteiger partial charge in [0.05, 0.1) is 5.38 Å². The van der Waals surface area contributed by atoms with Crippen molar-refractivity contribution in [3.63, 3.8) is 0 Å². The quantitative estimate of drug-likeness (QED) is 0.730. The van der Waals surface area contributed by atoms with Crippen LogP contribution in [0.3, 0.4) is 0 Å². The first kappa shape index (κ1) is 11.9. The van der Waals surface area contributed by atoms with Crippen LogP contribution in [-0.2, 0) is 4.74 Å². The molecule has 84 valence electrons. The van der Waals surface area contributed by atoms with Crippen molar-refractivity contribution in [3.05, 3.63) is 20.3 Å². The number of hydrogen-bond donors (Lipinski definition) is 0. The van der Waals surface area contributed by atoms with Crippen LogP contribution in [-0.4, -0.2) is 13.2 Å². The standard InChI is InChI=1S/C11H14BrClOS/c1-7-6-9(12)11(15-7)10(13)8-2-4-14-5-3-8/h6,8,10H,2-5H2,1H3. The summed E-state index contributed by atoms with van der Waals surface area (Å²) in [6.45, 7) is 3.83. The van der Waals surface area contributed by atoms with Gasteiger partial charge in [-0.2, -0.15) is 0 Å². The van der Waals surface area contributed by atoms with E-state index in [9.17, 15) is 0 Å². The van der Waals surface area contributed by atoms with Crippen molar-refractivity contribution in [2.75, 3.05) is 13.2 Å². The zero-order valence-electron chi connectivity index (χ0n) is 8.63. The van der Waals surface area contributed by atoms with Crippen LogP contribution >= 0.6 is 38.9 Å². The van der Waals surface area contributed by atoms with Gasteiger partial charge >= 0.3 is 0 Å². The Morgan fingerprint density at radius 3 is 2.73 bits per heavy atom. The Morgan fingerprint density at radius 2 is 2.20 bits per heavy atom. The van der Waals surface area contributed by atoms with Gasteiger partial charge in [0.1, 0.15) is 0 Å². The molecule has 1 nitrogen and oxygen atoms in total. The molecule has 0 saturated carbocycles. The predicted octanol–water partition coefficient (Wildman–Crippen LogP) is 4.53. The van der Waals surface area contributed by atoms with Gasteiger partial charge in [-0.15, -0.1) is 22.9 Å². The molecule has 4 heteroatoms. The molecule has 2 rings (SSSR count). The maximum atomic E-state index is 6.53. The van der Waals surface area contributed by atoms with Crippen LogP contribution in [0.15, 0.2) is 10.5 Å². The van der Waals surface area contributed by atoms with Gasteiger partial charge in [0.25, 0.3) is 0 Å². The highest BCUT2D eigenvalue weighted by molar-refractivity contribution is 9.10. The Morgan fingerprint density at radius 1 is 1.53 bits per heavy atom. The van der Waals surface area contributed by atoms with Gasteiger partial charge < -0.3 is 4.74 Å². The first-order chi connectivity index (χ1) is 7.18. The number of aryl methyl sites for hydroxylation is 1. The lowest BCUT2D eigenvalue weighted by atomic mass is 9.95. The number of thiophene rings is 1. The molecule has 1 saturated heterocycles. The summed E-state index contributed by atoms with van der Waals surface area (Å²) in [6.07, 6.45) is 2.16. The Balaban J connectivity index is 2.12. The molecule has 0 bridgehead atoms. The predicted molar refractivity (Wildman–Crippen MR) is 68.9 cm³/mol. The lowest BCUT2D eigenvalue weighted by Gasteiger charge is -2.25. The number of ether oxygens (including phenoxy) is 1. The van der Waals surface area contributed by atoms with Gasteiger partial charge in [0, 0.05) is 27.4 Å². The SMILES string of the molecule is Cc1cc(Br)c(C(Cl)C2CCOCC2)s1. The molecule has 0 spiro atoms. The van der Waals surface area contributed by atoms with E-state index in [0.29, 0.717) is 5.92 Å². The topological polar surface area (TPSA) is 9.23 Å². The number of hydrogen-bond acceptors (Lipinski definition) is 2. The molecular formula is C11H14BrClOS. The van der Waals surface area contributed by atoms with Gasteiger partial charge in [0.2, 0.25) is 0 Å². The highest BCUT2D eigenvalue weighted by Crippen LogP contribution is 2.42. The van der Waals surface area contributed by atoms with E-state index < -0.39 is 0 Å². The lowest BCUT2D eigenvalue weighted by Crippen LogP contribution is -2.19. The van der Waals surface area contributed by atoms with Crippen LogP contribution < -0.4 is 0 Å². The smallest absolute Gasteiger partial charge is 0.0719 e. The van der Waals surface area contributed by atoms with E-state index in [1.807, 2.05) is 0 Å². The van der Waals surface area contributed by atoms with E-state index in [0.717, 1.165) is 30.5 Å². The van der Waals surface area contributed by atoms with Gasteiger partial charge in [-0.1, -0.05) is 0 Å². The second-order valence-corrected chi connectivity index (χ2v) is 6.53. The molecule has 1 atom stereocenters. The molecule has 15 heavy (non-hydrogen) atoms. The minimum absolute atomic E-state index is 0.141. The summed E-state index contributed by atoms with van der Waals surface area (Å²) in [5.74, 6) is 0.565. The van der Waals surface area contributed by atoms with E-state index in [2.05, 4.69) is 28.9 Å². The fourth-order valence-corrected chi connectivity index (χ4v) is 4.52. The van der Waals surface area contributed by atoms with E-state index in [4.69, 9.17) is 16.3 Å². The first-order valence-corrected chi connectivity index (χ1v) is 7.20. The molecule has 1 unspecified atom stereocenters.